The summed E-state index contributed by atoms with van der Waals surface area (Å²) < 4.78 is 5.90. The molecule has 0 spiro atoms. The molecule has 4 heterocycles. The molecule has 0 atom stereocenters. The van der Waals surface area contributed by atoms with Gasteiger partial charge < -0.3 is 14.8 Å². The number of aromatic hydroxyl groups is 1. The van der Waals surface area contributed by atoms with Gasteiger partial charge in [0.05, 0.1) is 27.9 Å². The molecular formula is C21H14N2O3S2. The lowest BCUT2D eigenvalue weighted by atomic mass is 10.0. The lowest BCUT2D eigenvalue weighted by molar-refractivity contribution is 0.415. The van der Waals surface area contributed by atoms with Crippen LogP contribution < -0.4 is 10.3 Å². The maximum absolute atomic E-state index is 12.0. The summed E-state index contributed by atoms with van der Waals surface area (Å²) in [5.41, 5.74) is 3.06. The Bertz CT molecular complexity index is 1370. The second-order valence-corrected chi connectivity index (χ2v) is 8.21. The number of benzene rings is 1. The molecule has 0 saturated heterocycles. The minimum absolute atomic E-state index is 0.0277. The Balaban J connectivity index is 1.89. The predicted molar refractivity (Wildman–Crippen MR) is 115 cm³/mol. The second-order valence-electron chi connectivity index (χ2n) is 6.27. The van der Waals surface area contributed by atoms with E-state index in [1.54, 1.807) is 18.4 Å². The van der Waals surface area contributed by atoms with Gasteiger partial charge in [-0.2, -0.15) is 0 Å². The summed E-state index contributed by atoms with van der Waals surface area (Å²) in [6, 6.07) is 15.0. The van der Waals surface area contributed by atoms with Gasteiger partial charge in [-0.25, -0.2) is 4.98 Å². The zero-order chi connectivity index (χ0) is 19.3. The van der Waals surface area contributed by atoms with Crippen LogP contribution in [0.1, 0.15) is 0 Å². The Morgan fingerprint density at radius 3 is 2.68 bits per heavy atom. The quantitative estimate of drug-likeness (QED) is 0.429. The monoisotopic (exact) mass is 406 g/mol. The molecule has 5 aromatic rings. The van der Waals surface area contributed by atoms with Gasteiger partial charge in [-0.3, -0.25) is 4.79 Å². The number of thiophene rings is 2. The number of aromatic amines is 1. The number of hydrogen-bond acceptors (Lipinski definition) is 6. The van der Waals surface area contributed by atoms with E-state index in [4.69, 9.17) is 9.72 Å². The van der Waals surface area contributed by atoms with E-state index in [0.29, 0.717) is 10.2 Å². The van der Waals surface area contributed by atoms with E-state index >= 15 is 0 Å². The third-order valence-corrected chi connectivity index (χ3v) is 6.58. The van der Waals surface area contributed by atoms with Crippen LogP contribution in [0.3, 0.4) is 0 Å². The van der Waals surface area contributed by atoms with Gasteiger partial charge in [0, 0.05) is 11.5 Å². The molecule has 28 heavy (non-hydrogen) atoms. The molecule has 0 aliphatic heterocycles. The number of nitrogens with one attached hydrogen (secondary N) is 1. The van der Waals surface area contributed by atoms with E-state index in [1.807, 2.05) is 47.8 Å². The average Bonchev–Trinajstić information content (AvgIpc) is 3.36. The Morgan fingerprint density at radius 2 is 1.96 bits per heavy atom. The first-order valence-corrected chi connectivity index (χ1v) is 10.2. The average molecular weight is 406 g/mol. The van der Waals surface area contributed by atoms with Crippen LogP contribution in [0.2, 0.25) is 0 Å². The van der Waals surface area contributed by atoms with Crippen LogP contribution in [0, 0.1) is 0 Å². The Labute approximate surface area is 167 Å². The first kappa shape index (κ1) is 17.0. The summed E-state index contributed by atoms with van der Waals surface area (Å²) in [5, 5.41) is 13.1. The first-order chi connectivity index (χ1) is 13.6. The van der Waals surface area contributed by atoms with Crippen LogP contribution in [-0.2, 0) is 0 Å². The highest BCUT2D eigenvalue weighted by atomic mass is 32.1. The van der Waals surface area contributed by atoms with Crippen molar-refractivity contribution in [2.75, 3.05) is 7.11 Å². The van der Waals surface area contributed by atoms with Gasteiger partial charge in [0.2, 0.25) is 0 Å². The summed E-state index contributed by atoms with van der Waals surface area (Å²) in [4.78, 5) is 21.5. The first-order valence-electron chi connectivity index (χ1n) is 8.52. The molecule has 7 heteroatoms. The van der Waals surface area contributed by atoms with Crippen LogP contribution in [0.5, 0.6) is 11.5 Å². The number of H-pyrrole nitrogens is 1. The molecule has 5 nitrogen and oxygen atoms in total. The molecule has 0 amide bonds. The molecule has 0 aliphatic rings. The van der Waals surface area contributed by atoms with Crippen molar-refractivity contribution in [1.29, 1.82) is 0 Å². The number of ether oxygens (including phenoxy) is 1. The highest BCUT2D eigenvalue weighted by molar-refractivity contribution is 7.25. The molecule has 0 saturated carbocycles. The third kappa shape index (κ3) is 2.67. The van der Waals surface area contributed by atoms with Crippen molar-refractivity contribution in [2.24, 2.45) is 0 Å². The molecule has 5 rings (SSSR count). The maximum atomic E-state index is 12.0. The van der Waals surface area contributed by atoms with Crippen molar-refractivity contribution in [3.63, 3.8) is 0 Å². The number of pyridine rings is 2. The molecule has 0 unspecified atom stereocenters. The van der Waals surface area contributed by atoms with Gasteiger partial charge in [-0.15, -0.1) is 22.7 Å². The van der Waals surface area contributed by atoms with Crippen LogP contribution in [-0.4, -0.2) is 22.2 Å². The zero-order valence-corrected chi connectivity index (χ0v) is 16.4. The van der Waals surface area contributed by atoms with E-state index in [-0.39, 0.29) is 11.3 Å². The number of fused-ring (bicyclic) bond motifs is 3. The Kier molecular flexibility index (Phi) is 3.92. The van der Waals surface area contributed by atoms with Crippen LogP contribution in [0.4, 0.5) is 0 Å². The highest BCUT2D eigenvalue weighted by Gasteiger charge is 2.18. The summed E-state index contributed by atoms with van der Waals surface area (Å²) in [6.07, 6.45) is 0. The number of nitrogens with zero attached hydrogens (tertiary/aromatic N) is 1. The van der Waals surface area contributed by atoms with E-state index < -0.39 is 0 Å². The van der Waals surface area contributed by atoms with Crippen LogP contribution in [0.25, 0.3) is 42.1 Å². The third-order valence-electron chi connectivity index (χ3n) is 4.59. The van der Waals surface area contributed by atoms with Crippen LogP contribution in [0.15, 0.2) is 58.7 Å². The SMILES string of the molecule is COc1ccc(-c2cc(-c3cccs3)nc3sc4c(O)cc(=O)[nH]c4c23)cc1. The lowest BCUT2D eigenvalue weighted by Gasteiger charge is -2.08. The summed E-state index contributed by atoms with van der Waals surface area (Å²) >= 11 is 3.00. The number of rotatable bonds is 3. The standard InChI is InChI=1S/C21H14N2O3S2/c1-26-12-6-4-11(5-7-12)13-9-14(16-3-2-8-27-16)22-21-18(13)19-20(28-21)15(24)10-17(25)23-19/h2-10H,1H3,(H2,23,24,25). The number of hydrogen-bond donors (Lipinski definition) is 2. The van der Waals surface area contributed by atoms with Crippen molar-refractivity contribution in [1.82, 2.24) is 9.97 Å². The number of aromatic nitrogens is 2. The lowest BCUT2D eigenvalue weighted by Crippen LogP contribution is -2.02. The van der Waals surface area contributed by atoms with Crippen molar-refractivity contribution in [2.45, 2.75) is 0 Å². The van der Waals surface area contributed by atoms with E-state index in [1.165, 1.54) is 17.4 Å². The maximum Gasteiger partial charge on any atom is 0.252 e. The fourth-order valence-electron chi connectivity index (χ4n) is 3.30. The van der Waals surface area contributed by atoms with Crippen molar-refractivity contribution >= 4 is 43.1 Å². The van der Waals surface area contributed by atoms with E-state index in [0.717, 1.165) is 37.7 Å². The fraction of sp³-hybridized carbons (Fsp3) is 0.0476. The van der Waals surface area contributed by atoms with Gasteiger partial charge in [-0.1, -0.05) is 18.2 Å². The van der Waals surface area contributed by atoms with E-state index in [2.05, 4.69) is 4.98 Å². The van der Waals surface area contributed by atoms with Crippen LogP contribution >= 0.6 is 22.7 Å². The second kappa shape index (κ2) is 6.47. The molecule has 0 aliphatic carbocycles. The van der Waals surface area contributed by atoms with Gasteiger partial charge >= 0.3 is 0 Å². The smallest absolute Gasteiger partial charge is 0.252 e. The number of methoxy groups -OCH3 is 1. The minimum atomic E-state index is -0.340. The van der Waals surface area contributed by atoms with Crippen molar-refractivity contribution in [3.05, 3.63) is 64.3 Å². The molecule has 0 radical (unpaired) electrons. The Hall–Kier alpha value is -3.16. The molecule has 4 aromatic heterocycles. The normalized spacial score (nSPS) is 11.3. The van der Waals surface area contributed by atoms with Gasteiger partial charge in [-0.05, 0) is 40.8 Å². The fourth-order valence-corrected chi connectivity index (χ4v) is 5.05. The minimum Gasteiger partial charge on any atom is -0.506 e. The molecule has 2 N–H and O–H groups in total. The zero-order valence-electron chi connectivity index (χ0n) is 14.7. The highest BCUT2D eigenvalue weighted by Crippen LogP contribution is 2.42. The summed E-state index contributed by atoms with van der Waals surface area (Å²) in [6.45, 7) is 0. The molecular weight excluding hydrogens is 392 g/mol. The molecule has 1 aromatic carbocycles. The molecule has 0 bridgehead atoms. The predicted octanol–water partition coefficient (Wildman–Crippen LogP) is 5.25. The molecule has 0 fully saturated rings. The topological polar surface area (TPSA) is 75.2 Å². The van der Waals surface area contributed by atoms with Gasteiger partial charge in [0.15, 0.2) is 0 Å². The summed E-state index contributed by atoms with van der Waals surface area (Å²) in [7, 11) is 1.63. The van der Waals surface area contributed by atoms with Gasteiger partial charge in [0.1, 0.15) is 16.3 Å². The van der Waals surface area contributed by atoms with Crippen molar-refractivity contribution in [3.8, 4) is 33.2 Å². The van der Waals surface area contributed by atoms with Crippen molar-refractivity contribution < 1.29 is 9.84 Å². The van der Waals surface area contributed by atoms with Gasteiger partial charge in [0.25, 0.3) is 5.56 Å². The largest absolute Gasteiger partial charge is 0.506 e. The summed E-state index contributed by atoms with van der Waals surface area (Å²) in [5.74, 6) is 0.744. The Morgan fingerprint density at radius 1 is 1.14 bits per heavy atom. The van der Waals surface area contributed by atoms with E-state index in [9.17, 15) is 9.90 Å². The molecule has 138 valence electrons.